The number of benzene rings is 1. The van der Waals surface area contributed by atoms with Crippen LogP contribution in [0.15, 0.2) is 30.3 Å². The van der Waals surface area contributed by atoms with Crippen molar-refractivity contribution >= 4 is 17.2 Å². The predicted octanol–water partition coefficient (Wildman–Crippen LogP) is 4.26. The molecular weight excluding hydrogens is 340 g/mol. The van der Waals surface area contributed by atoms with Crippen molar-refractivity contribution in [2.24, 2.45) is 0 Å². The third-order valence-corrected chi connectivity index (χ3v) is 4.49. The fourth-order valence-electron chi connectivity index (χ4n) is 2.99. The first kappa shape index (κ1) is 19.6. The molecule has 0 spiro atoms. The van der Waals surface area contributed by atoms with Gasteiger partial charge in [-0.25, -0.2) is 9.97 Å². The number of rotatable bonds is 6. The zero-order chi connectivity index (χ0) is 19.3. The summed E-state index contributed by atoms with van der Waals surface area (Å²) in [5.74, 6) is 1.59. The average Bonchev–Trinajstić information content (AvgIpc) is 2.64. The third kappa shape index (κ3) is 5.65. The van der Waals surface area contributed by atoms with Crippen molar-refractivity contribution in [3.63, 3.8) is 0 Å². The van der Waals surface area contributed by atoms with E-state index in [0.29, 0.717) is 12.6 Å². The van der Waals surface area contributed by atoms with Crippen LogP contribution in [0, 0.1) is 0 Å². The van der Waals surface area contributed by atoms with E-state index in [1.54, 1.807) is 7.11 Å². The minimum atomic E-state index is -0.127. The van der Waals surface area contributed by atoms with Crippen LogP contribution in [-0.4, -0.2) is 36.3 Å². The molecule has 1 fully saturated rings. The zero-order valence-corrected chi connectivity index (χ0v) is 16.7. The Hall–Kier alpha value is -2.18. The summed E-state index contributed by atoms with van der Waals surface area (Å²) < 4.78 is 10.7. The normalized spacial score (nSPS) is 15.6. The van der Waals surface area contributed by atoms with E-state index in [4.69, 9.17) is 14.5 Å². The largest absolute Gasteiger partial charge is 0.382 e. The van der Waals surface area contributed by atoms with E-state index in [1.807, 2.05) is 6.07 Å². The van der Waals surface area contributed by atoms with Gasteiger partial charge in [-0.3, -0.25) is 0 Å². The van der Waals surface area contributed by atoms with Gasteiger partial charge >= 0.3 is 0 Å². The Labute approximate surface area is 161 Å². The monoisotopic (exact) mass is 370 g/mol. The van der Waals surface area contributed by atoms with Crippen LogP contribution in [0.1, 0.15) is 45.1 Å². The summed E-state index contributed by atoms with van der Waals surface area (Å²) in [5.41, 5.74) is 2.87. The second-order valence-corrected chi connectivity index (χ2v) is 7.98. The van der Waals surface area contributed by atoms with E-state index in [9.17, 15) is 0 Å². The molecule has 1 aliphatic heterocycles. The van der Waals surface area contributed by atoms with Crippen molar-refractivity contribution < 1.29 is 9.47 Å². The molecule has 6 nitrogen and oxygen atoms in total. The molecule has 0 radical (unpaired) electrons. The van der Waals surface area contributed by atoms with Gasteiger partial charge in [0.1, 0.15) is 11.6 Å². The first-order valence-electron chi connectivity index (χ1n) is 9.53. The molecule has 0 unspecified atom stereocenters. The fourth-order valence-corrected chi connectivity index (χ4v) is 2.99. The maximum Gasteiger partial charge on any atom is 0.136 e. The Bertz CT molecular complexity index is 735. The van der Waals surface area contributed by atoms with Crippen LogP contribution in [0.5, 0.6) is 0 Å². The molecule has 2 N–H and O–H groups in total. The molecule has 0 bridgehead atoms. The lowest BCUT2D eigenvalue weighted by Crippen LogP contribution is -2.27. The van der Waals surface area contributed by atoms with Crippen LogP contribution in [-0.2, 0) is 21.5 Å². The highest BCUT2D eigenvalue weighted by atomic mass is 16.5. The second-order valence-electron chi connectivity index (χ2n) is 7.98. The summed E-state index contributed by atoms with van der Waals surface area (Å²) in [6, 6.07) is 10.8. The number of ether oxygens (including phenoxy) is 2. The van der Waals surface area contributed by atoms with Crippen LogP contribution < -0.4 is 10.6 Å². The lowest BCUT2D eigenvalue weighted by atomic mass is 9.95. The van der Waals surface area contributed by atoms with Gasteiger partial charge in [-0.05, 0) is 37.1 Å². The summed E-state index contributed by atoms with van der Waals surface area (Å²) >= 11 is 0. The highest BCUT2D eigenvalue weighted by Gasteiger charge is 2.19. The van der Waals surface area contributed by atoms with E-state index in [-0.39, 0.29) is 5.41 Å². The highest BCUT2D eigenvalue weighted by Crippen LogP contribution is 2.24. The molecule has 2 aromatic rings. The fraction of sp³-hybridized carbons (Fsp3) is 0.524. The summed E-state index contributed by atoms with van der Waals surface area (Å²) in [4.78, 5) is 9.31. The molecule has 1 aromatic carbocycles. The van der Waals surface area contributed by atoms with Gasteiger partial charge < -0.3 is 20.1 Å². The first-order valence-corrected chi connectivity index (χ1v) is 9.53. The van der Waals surface area contributed by atoms with E-state index in [1.165, 1.54) is 0 Å². The predicted molar refractivity (Wildman–Crippen MR) is 109 cm³/mol. The molecule has 1 aromatic heterocycles. The number of nitrogens with zero attached hydrogens (tertiary/aromatic N) is 2. The molecule has 1 aliphatic rings. The van der Waals surface area contributed by atoms with Crippen LogP contribution in [0.3, 0.4) is 0 Å². The van der Waals surface area contributed by atoms with Gasteiger partial charge in [0.2, 0.25) is 0 Å². The van der Waals surface area contributed by atoms with E-state index >= 15 is 0 Å². The summed E-state index contributed by atoms with van der Waals surface area (Å²) in [7, 11) is 1.68. The number of hydrogen-bond donors (Lipinski definition) is 2. The van der Waals surface area contributed by atoms with Crippen LogP contribution >= 0.6 is 0 Å². The highest BCUT2D eigenvalue weighted by molar-refractivity contribution is 5.60. The Balaban J connectivity index is 1.71. The van der Waals surface area contributed by atoms with Crippen molar-refractivity contribution in [3.8, 4) is 0 Å². The molecule has 1 saturated heterocycles. The van der Waals surface area contributed by atoms with Crippen molar-refractivity contribution in [2.45, 2.75) is 51.7 Å². The number of hydrogen-bond acceptors (Lipinski definition) is 6. The number of methoxy groups -OCH3 is 1. The van der Waals surface area contributed by atoms with Gasteiger partial charge in [-0.1, -0.05) is 20.8 Å². The smallest absolute Gasteiger partial charge is 0.136 e. The Morgan fingerprint density at radius 3 is 2.37 bits per heavy atom. The standard InChI is InChI=1S/C21H30N4O2/c1-21(2,3)20-24-18(14-26-4)13-19(25-20)23-16-7-5-15(6-8-16)22-17-9-11-27-12-10-17/h5-8,13,17,22H,9-12,14H2,1-4H3,(H,23,24,25). The van der Waals surface area contributed by atoms with E-state index in [2.05, 4.69) is 60.7 Å². The lowest BCUT2D eigenvalue weighted by molar-refractivity contribution is 0.0904. The molecule has 6 heteroatoms. The minimum absolute atomic E-state index is 0.127. The molecular formula is C21H30N4O2. The van der Waals surface area contributed by atoms with Gasteiger partial charge in [0.25, 0.3) is 0 Å². The maximum absolute atomic E-state index is 5.41. The third-order valence-electron chi connectivity index (χ3n) is 4.49. The SMILES string of the molecule is COCc1cc(Nc2ccc(NC3CCOCC3)cc2)nc(C(C)(C)C)n1. The molecule has 146 valence electrons. The van der Waals surface area contributed by atoms with Gasteiger partial charge in [-0.2, -0.15) is 0 Å². The molecule has 0 aliphatic carbocycles. The molecule has 2 heterocycles. The van der Waals surface area contributed by atoms with Crippen molar-refractivity contribution in [1.29, 1.82) is 0 Å². The topological polar surface area (TPSA) is 68.3 Å². The van der Waals surface area contributed by atoms with Crippen molar-refractivity contribution in [2.75, 3.05) is 31.0 Å². The van der Waals surface area contributed by atoms with Gasteiger partial charge in [-0.15, -0.1) is 0 Å². The van der Waals surface area contributed by atoms with Gasteiger partial charge in [0.05, 0.1) is 12.3 Å². The van der Waals surface area contributed by atoms with Crippen LogP contribution in [0.2, 0.25) is 0 Å². The second kappa shape index (κ2) is 8.67. The minimum Gasteiger partial charge on any atom is -0.382 e. The summed E-state index contributed by atoms with van der Waals surface area (Å²) in [6.07, 6.45) is 2.11. The van der Waals surface area contributed by atoms with E-state index < -0.39 is 0 Å². The molecule has 0 amide bonds. The Morgan fingerprint density at radius 2 is 1.74 bits per heavy atom. The van der Waals surface area contributed by atoms with Gasteiger partial charge in [0, 0.05) is 49.2 Å². The lowest BCUT2D eigenvalue weighted by Gasteiger charge is -2.24. The number of aromatic nitrogens is 2. The average molecular weight is 370 g/mol. The van der Waals surface area contributed by atoms with Crippen LogP contribution in [0.25, 0.3) is 0 Å². The molecule has 0 saturated carbocycles. The molecule has 3 rings (SSSR count). The van der Waals surface area contributed by atoms with Crippen molar-refractivity contribution in [1.82, 2.24) is 9.97 Å². The quantitative estimate of drug-likeness (QED) is 0.792. The Kier molecular flexibility index (Phi) is 6.29. The first-order chi connectivity index (χ1) is 12.9. The molecule has 0 atom stereocenters. The molecule has 27 heavy (non-hydrogen) atoms. The zero-order valence-electron chi connectivity index (χ0n) is 16.7. The summed E-state index contributed by atoms with van der Waals surface area (Å²) in [6.45, 7) is 8.47. The summed E-state index contributed by atoms with van der Waals surface area (Å²) in [5, 5.41) is 6.97. The maximum atomic E-state index is 5.41. The van der Waals surface area contributed by atoms with E-state index in [0.717, 1.165) is 54.8 Å². The number of anilines is 3. The van der Waals surface area contributed by atoms with Crippen molar-refractivity contribution in [3.05, 3.63) is 41.9 Å². The number of nitrogens with one attached hydrogen (secondary N) is 2. The Morgan fingerprint density at radius 1 is 1.07 bits per heavy atom. The van der Waals surface area contributed by atoms with Gasteiger partial charge in [0.15, 0.2) is 0 Å². The van der Waals surface area contributed by atoms with Crippen LogP contribution in [0.4, 0.5) is 17.2 Å².